The first-order valence-corrected chi connectivity index (χ1v) is 7.00. The van der Waals surface area contributed by atoms with Crippen molar-refractivity contribution >= 4 is 5.91 Å². The quantitative estimate of drug-likeness (QED) is 0.740. The Balaban J connectivity index is 1.90. The largest absolute Gasteiger partial charge is 0.349 e. The lowest BCUT2D eigenvalue weighted by Gasteiger charge is -2.41. The Labute approximate surface area is 110 Å². The van der Waals surface area contributed by atoms with Crippen LogP contribution in [0.15, 0.2) is 0 Å². The monoisotopic (exact) mass is 254 g/mol. The zero-order valence-electron chi connectivity index (χ0n) is 11.6. The van der Waals surface area contributed by atoms with E-state index in [2.05, 4.69) is 9.80 Å². The molecule has 0 radical (unpaired) electrons. The van der Waals surface area contributed by atoms with Crippen LogP contribution in [0, 0.1) is 0 Å². The molecule has 0 aliphatic carbocycles. The number of carbonyl (C=O) groups excluding carboxylic acids is 1. The van der Waals surface area contributed by atoms with Gasteiger partial charge in [-0.15, -0.1) is 0 Å². The van der Waals surface area contributed by atoms with Crippen molar-refractivity contribution in [2.75, 3.05) is 46.8 Å². The van der Waals surface area contributed by atoms with E-state index in [1.165, 1.54) is 19.4 Å². The van der Waals surface area contributed by atoms with Gasteiger partial charge < -0.3 is 10.6 Å². The predicted octanol–water partition coefficient (Wildman–Crippen LogP) is -0.428. The molecule has 2 heterocycles. The second-order valence-electron chi connectivity index (χ2n) is 5.71. The summed E-state index contributed by atoms with van der Waals surface area (Å²) in [6.45, 7) is 5.10. The van der Waals surface area contributed by atoms with Crippen molar-refractivity contribution in [1.82, 2.24) is 14.7 Å². The molecule has 1 amide bonds. The highest BCUT2D eigenvalue weighted by Gasteiger charge is 2.33. The summed E-state index contributed by atoms with van der Waals surface area (Å²) >= 11 is 0. The second-order valence-corrected chi connectivity index (χ2v) is 5.71. The minimum Gasteiger partial charge on any atom is -0.349 e. The molecule has 18 heavy (non-hydrogen) atoms. The van der Waals surface area contributed by atoms with Crippen LogP contribution in [0.25, 0.3) is 0 Å². The molecule has 5 heteroatoms. The van der Waals surface area contributed by atoms with Crippen LogP contribution < -0.4 is 5.73 Å². The Morgan fingerprint density at radius 3 is 2.83 bits per heavy atom. The lowest BCUT2D eigenvalue weighted by atomic mass is 10.1. The van der Waals surface area contributed by atoms with Crippen molar-refractivity contribution in [3.05, 3.63) is 0 Å². The fraction of sp³-hybridized carbons (Fsp3) is 0.923. The molecular weight excluding hydrogens is 228 g/mol. The molecule has 2 N–H and O–H groups in total. The number of piperazine rings is 1. The van der Waals surface area contributed by atoms with Gasteiger partial charge in [-0.2, -0.15) is 0 Å². The molecule has 0 aromatic rings. The van der Waals surface area contributed by atoms with Crippen molar-refractivity contribution in [3.63, 3.8) is 0 Å². The Morgan fingerprint density at radius 1 is 1.39 bits per heavy atom. The van der Waals surface area contributed by atoms with E-state index >= 15 is 0 Å². The van der Waals surface area contributed by atoms with Crippen LogP contribution in [0.5, 0.6) is 0 Å². The van der Waals surface area contributed by atoms with E-state index in [1.807, 2.05) is 14.1 Å². The van der Waals surface area contributed by atoms with Crippen molar-refractivity contribution in [2.24, 2.45) is 5.73 Å². The highest BCUT2D eigenvalue weighted by Crippen LogP contribution is 2.23. The van der Waals surface area contributed by atoms with Crippen molar-refractivity contribution in [3.8, 4) is 0 Å². The van der Waals surface area contributed by atoms with Crippen LogP contribution in [-0.4, -0.2) is 79.5 Å². The van der Waals surface area contributed by atoms with E-state index in [9.17, 15) is 4.79 Å². The molecule has 104 valence electrons. The Kier molecular flexibility index (Phi) is 4.59. The summed E-state index contributed by atoms with van der Waals surface area (Å²) in [6, 6.07) is 0.907. The van der Waals surface area contributed by atoms with Gasteiger partial charge in [-0.05, 0) is 19.4 Å². The topological polar surface area (TPSA) is 52.8 Å². The Morgan fingerprint density at radius 2 is 2.17 bits per heavy atom. The molecule has 2 fully saturated rings. The van der Waals surface area contributed by atoms with Gasteiger partial charge in [-0.1, -0.05) is 0 Å². The van der Waals surface area contributed by atoms with Crippen molar-refractivity contribution in [1.29, 1.82) is 0 Å². The number of carbonyl (C=O) groups is 1. The molecule has 5 nitrogen and oxygen atoms in total. The van der Waals surface area contributed by atoms with E-state index in [0.717, 1.165) is 19.6 Å². The maximum Gasteiger partial charge on any atom is 0.223 e. The molecule has 0 spiro atoms. The molecule has 2 rings (SSSR count). The van der Waals surface area contributed by atoms with Crippen LogP contribution >= 0.6 is 0 Å². The zero-order valence-corrected chi connectivity index (χ0v) is 11.6. The van der Waals surface area contributed by atoms with Crippen LogP contribution in [0.4, 0.5) is 0 Å². The maximum atomic E-state index is 11.8. The first kappa shape index (κ1) is 13.8. The van der Waals surface area contributed by atoms with Crippen LogP contribution in [0.2, 0.25) is 0 Å². The highest BCUT2D eigenvalue weighted by atomic mass is 16.2. The highest BCUT2D eigenvalue weighted by molar-refractivity contribution is 5.76. The van der Waals surface area contributed by atoms with Gasteiger partial charge in [-0.3, -0.25) is 14.6 Å². The smallest absolute Gasteiger partial charge is 0.223 e. The van der Waals surface area contributed by atoms with Crippen molar-refractivity contribution in [2.45, 2.75) is 31.3 Å². The van der Waals surface area contributed by atoms with Crippen LogP contribution in [0.1, 0.15) is 19.3 Å². The zero-order chi connectivity index (χ0) is 13.1. The van der Waals surface area contributed by atoms with E-state index in [1.54, 1.807) is 4.90 Å². The van der Waals surface area contributed by atoms with E-state index in [0.29, 0.717) is 19.0 Å². The Bertz CT molecular complexity index is 295. The van der Waals surface area contributed by atoms with Gasteiger partial charge in [0.15, 0.2) is 0 Å². The molecule has 2 unspecified atom stereocenters. The number of rotatable bonds is 4. The van der Waals surface area contributed by atoms with Gasteiger partial charge in [0, 0.05) is 58.8 Å². The summed E-state index contributed by atoms with van der Waals surface area (Å²) in [4.78, 5) is 18.5. The average molecular weight is 254 g/mol. The number of amides is 1. The molecular formula is C13H26N4O. The normalized spacial score (nSPS) is 26.9. The van der Waals surface area contributed by atoms with Gasteiger partial charge in [0.05, 0.1) is 0 Å². The number of nitrogens with zero attached hydrogens (tertiary/aromatic N) is 3. The second kappa shape index (κ2) is 5.99. The lowest BCUT2D eigenvalue weighted by Crippen LogP contribution is -2.55. The summed E-state index contributed by atoms with van der Waals surface area (Å²) in [7, 11) is 3.62. The number of nitrogens with two attached hydrogens (primary N) is 1. The molecule has 0 aromatic carbocycles. The van der Waals surface area contributed by atoms with E-state index in [-0.39, 0.29) is 11.9 Å². The Hall–Kier alpha value is -0.650. The van der Waals surface area contributed by atoms with Crippen molar-refractivity contribution < 1.29 is 4.79 Å². The summed E-state index contributed by atoms with van der Waals surface area (Å²) in [5, 5.41) is 0. The molecule has 2 aliphatic rings. The number of fused-ring (bicyclic) bond motifs is 1. The average Bonchev–Trinajstić information content (AvgIpc) is 2.82. The van der Waals surface area contributed by atoms with Gasteiger partial charge >= 0.3 is 0 Å². The fourth-order valence-electron chi connectivity index (χ4n) is 3.09. The van der Waals surface area contributed by atoms with Gasteiger partial charge in [-0.25, -0.2) is 0 Å². The van der Waals surface area contributed by atoms with Gasteiger partial charge in [0.1, 0.15) is 0 Å². The minimum absolute atomic E-state index is 0.180. The third-order valence-corrected chi connectivity index (χ3v) is 4.32. The molecule has 0 saturated carbocycles. The summed E-state index contributed by atoms with van der Waals surface area (Å²) in [5.41, 5.74) is 5.86. The van der Waals surface area contributed by atoms with E-state index < -0.39 is 0 Å². The minimum atomic E-state index is 0.180. The lowest BCUT2D eigenvalue weighted by molar-refractivity contribution is -0.130. The molecule has 0 bridgehead atoms. The third kappa shape index (κ3) is 3.02. The SMILES string of the molecule is CN(C)C(=O)CC(CN)N1CCN2CCCC2C1. The van der Waals surface area contributed by atoms with Crippen LogP contribution in [0.3, 0.4) is 0 Å². The van der Waals surface area contributed by atoms with E-state index in [4.69, 9.17) is 5.73 Å². The van der Waals surface area contributed by atoms with Gasteiger partial charge in [0.2, 0.25) is 5.91 Å². The summed E-state index contributed by atoms with van der Waals surface area (Å²) < 4.78 is 0. The third-order valence-electron chi connectivity index (χ3n) is 4.32. The molecule has 2 saturated heterocycles. The fourth-order valence-corrected chi connectivity index (χ4v) is 3.09. The number of hydrogen-bond acceptors (Lipinski definition) is 4. The standard InChI is InChI=1S/C13H26N4O/c1-15(2)13(18)8-12(9-14)17-7-6-16-5-3-4-11(16)10-17/h11-12H,3-10,14H2,1-2H3. The molecule has 2 aliphatic heterocycles. The first-order valence-electron chi connectivity index (χ1n) is 7.00. The predicted molar refractivity (Wildman–Crippen MR) is 72.3 cm³/mol. The first-order chi connectivity index (χ1) is 8.61. The molecule has 0 aromatic heterocycles. The van der Waals surface area contributed by atoms with Crippen LogP contribution in [-0.2, 0) is 4.79 Å². The van der Waals surface area contributed by atoms with Gasteiger partial charge in [0.25, 0.3) is 0 Å². The molecule has 2 atom stereocenters. The summed E-state index contributed by atoms with van der Waals surface area (Å²) in [5.74, 6) is 0.180. The summed E-state index contributed by atoms with van der Waals surface area (Å²) in [6.07, 6.45) is 3.17. The maximum absolute atomic E-state index is 11.8. The number of hydrogen-bond donors (Lipinski definition) is 1.